The van der Waals surface area contributed by atoms with Gasteiger partial charge in [-0.1, -0.05) is 42.5 Å². The minimum atomic E-state index is -2.97. The number of para-hydroxylation sites is 1. The van der Waals surface area contributed by atoms with Crippen molar-refractivity contribution >= 4 is 35.8 Å². The van der Waals surface area contributed by atoms with Crippen molar-refractivity contribution in [2.45, 2.75) is 26.5 Å². The Labute approximate surface area is 204 Å². The van der Waals surface area contributed by atoms with Crippen LogP contribution in [0.15, 0.2) is 53.5 Å². The van der Waals surface area contributed by atoms with Crippen molar-refractivity contribution in [2.75, 3.05) is 26.7 Å². The highest BCUT2D eigenvalue weighted by atomic mass is 127. The number of amides is 1. The fraction of sp³-hybridized carbons (Fsp3) is 0.364. The normalized spacial score (nSPS) is 10.8. The fourth-order valence-corrected chi connectivity index (χ4v) is 2.81. The number of carbonyl (C=O) groups excluding carboxylic acids is 1. The van der Waals surface area contributed by atoms with E-state index in [1.165, 1.54) is 0 Å². The third kappa shape index (κ3) is 9.67. The van der Waals surface area contributed by atoms with E-state index in [0.29, 0.717) is 24.7 Å². The number of halogens is 3. The zero-order valence-corrected chi connectivity index (χ0v) is 20.4. The van der Waals surface area contributed by atoms with Gasteiger partial charge in [0, 0.05) is 25.7 Å². The molecular weight excluding hydrogens is 533 g/mol. The van der Waals surface area contributed by atoms with Crippen LogP contribution >= 0.6 is 24.0 Å². The minimum Gasteiger partial charge on any atom is -0.490 e. The summed E-state index contributed by atoms with van der Waals surface area (Å²) in [6, 6.07) is 14.8. The van der Waals surface area contributed by atoms with Crippen molar-refractivity contribution in [1.29, 1.82) is 0 Å². The Kier molecular flexibility index (Phi) is 13.0. The summed E-state index contributed by atoms with van der Waals surface area (Å²) >= 11 is 0. The van der Waals surface area contributed by atoms with Crippen LogP contribution < -0.4 is 25.4 Å². The van der Waals surface area contributed by atoms with Gasteiger partial charge in [0.15, 0.2) is 17.5 Å². The van der Waals surface area contributed by atoms with Crippen LogP contribution in [0.5, 0.6) is 11.5 Å². The number of hydrogen-bond acceptors (Lipinski definition) is 4. The number of hydrogen-bond donors (Lipinski definition) is 3. The van der Waals surface area contributed by atoms with Crippen LogP contribution in [0, 0.1) is 0 Å². The molecule has 0 unspecified atom stereocenters. The molecule has 0 aliphatic heterocycles. The average molecular weight is 562 g/mol. The van der Waals surface area contributed by atoms with Gasteiger partial charge in [0.25, 0.3) is 0 Å². The Morgan fingerprint density at radius 1 is 1.06 bits per heavy atom. The Hall–Kier alpha value is -2.63. The number of nitrogens with zero attached hydrogens (tertiary/aromatic N) is 1. The summed E-state index contributed by atoms with van der Waals surface area (Å²) in [4.78, 5) is 16.1. The van der Waals surface area contributed by atoms with E-state index >= 15 is 0 Å². The molecule has 2 aromatic carbocycles. The minimum absolute atomic E-state index is 0. The molecule has 0 fully saturated rings. The molecule has 1 amide bonds. The second kappa shape index (κ2) is 15.2. The molecule has 32 heavy (non-hydrogen) atoms. The number of aliphatic imine (C=N–C) groups is 1. The topological polar surface area (TPSA) is 84.0 Å². The van der Waals surface area contributed by atoms with Crippen LogP contribution in [0.1, 0.15) is 18.1 Å². The van der Waals surface area contributed by atoms with Crippen LogP contribution in [-0.4, -0.2) is 45.2 Å². The van der Waals surface area contributed by atoms with E-state index in [1.54, 1.807) is 32.2 Å². The van der Waals surface area contributed by atoms with Gasteiger partial charge in [-0.25, -0.2) is 0 Å². The molecule has 7 nitrogen and oxygen atoms in total. The summed E-state index contributed by atoms with van der Waals surface area (Å²) in [5.41, 5.74) is 1.62. The molecule has 0 spiro atoms. The second-order valence-electron chi connectivity index (χ2n) is 6.42. The van der Waals surface area contributed by atoms with Crippen LogP contribution in [0.25, 0.3) is 0 Å². The zero-order valence-electron chi connectivity index (χ0n) is 18.1. The maximum Gasteiger partial charge on any atom is 0.387 e. The molecule has 2 rings (SSSR count). The van der Waals surface area contributed by atoms with Gasteiger partial charge in [-0.05, 0) is 25.0 Å². The standard InChI is InChI=1S/C22H28F2N4O3.HI/c1-3-30-18-11-7-10-17(20(18)31-21(23)24)14-27-22(25-2)28-15-19(29)26-13-12-16-8-5-4-6-9-16;/h4-11,21H,3,12-15H2,1-2H3,(H,26,29)(H2,25,27,28);1H. The molecule has 10 heteroatoms. The first-order chi connectivity index (χ1) is 15.0. The largest absolute Gasteiger partial charge is 0.490 e. The summed E-state index contributed by atoms with van der Waals surface area (Å²) in [5.74, 6) is 0.380. The van der Waals surface area contributed by atoms with Crippen LogP contribution in [0.2, 0.25) is 0 Å². The summed E-state index contributed by atoms with van der Waals surface area (Å²) in [5, 5.41) is 8.71. The quantitative estimate of drug-likeness (QED) is 0.223. The number of guanidine groups is 1. The lowest BCUT2D eigenvalue weighted by atomic mass is 10.1. The van der Waals surface area contributed by atoms with Crippen LogP contribution in [0.3, 0.4) is 0 Å². The number of ether oxygens (including phenoxy) is 2. The van der Waals surface area contributed by atoms with Crippen LogP contribution in [-0.2, 0) is 17.8 Å². The molecule has 0 aliphatic carbocycles. The van der Waals surface area contributed by atoms with Gasteiger partial charge in [-0.15, -0.1) is 24.0 Å². The van der Waals surface area contributed by atoms with Gasteiger partial charge >= 0.3 is 6.61 Å². The van der Waals surface area contributed by atoms with Crippen molar-refractivity contribution in [2.24, 2.45) is 4.99 Å². The average Bonchev–Trinajstić information content (AvgIpc) is 2.76. The van der Waals surface area contributed by atoms with Crippen molar-refractivity contribution in [3.8, 4) is 11.5 Å². The molecule has 2 aromatic rings. The SMILES string of the molecule is CCOc1cccc(CNC(=NC)NCC(=O)NCCc2ccccc2)c1OC(F)F.I. The third-order valence-corrected chi connectivity index (χ3v) is 4.23. The lowest BCUT2D eigenvalue weighted by molar-refractivity contribution is -0.119. The lowest BCUT2D eigenvalue weighted by Crippen LogP contribution is -2.43. The van der Waals surface area contributed by atoms with Crippen molar-refractivity contribution < 1.29 is 23.0 Å². The van der Waals surface area contributed by atoms with E-state index in [2.05, 4.69) is 25.7 Å². The Balaban J connectivity index is 0.00000512. The maximum absolute atomic E-state index is 12.8. The number of alkyl halides is 2. The highest BCUT2D eigenvalue weighted by Crippen LogP contribution is 2.32. The molecule has 0 saturated carbocycles. The first kappa shape index (κ1) is 27.4. The first-order valence-corrected chi connectivity index (χ1v) is 9.98. The third-order valence-electron chi connectivity index (χ3n) is 4.23. The maximum atomic E-state index is 12.8. The van der Waals surface area contributed by atoms with Gasteiger partial charge in [0.05, 0.1) is 13.2 Å². The van der Waals surface area contributed by atoms with E-state index in [9.17, 15) is 13.6 Å². The summed E-state index contributed by atoms with van der Waals surface area (Å²) in [6.45, 7) is -0.203. The smallest absolute Gasteiger partial charge is 0.387 e. The second-order valence-corrected chi connectivity index (χ2v) is 6.42. The Bertz CT molecular complexity index is 854. The number of nitrogens with one attached hydrogen (secondary N) is 3. The monoisotopic (exact) mass is 562 g/mol. The van der Waals surface area contributed by atoms with Gasteiger partial charge in [-0.3, -0.25) is 9.79 Å². The first-order valence-electron chi connectivity index (χ1n) is 9.98. The van der Waals surface area contributed by atoms with Gasteiger partial charge < -0.3 is 25.4 Å². The predicted molar refractivity (Wildman–Crippen MR) is 131 cm³/mol. The molecule has 0 aliphatic rings. The van der Waals surface area contributed by atoms with Gasteiger partial charge in [-0.2, -0.15) is 8.78 Å². The zero-order chi connectivity index (χ0) is 22.5. The Morgan fingerprint density at radius 3 is 2.47 bits per heavy atom. The van der Waals surface area contributed by atoms with E-state index in [4.69, 9.17) is 4.74 Å². The van der Waals surface area contributed by atoms with Gasteiger partial charge in [0.2, 0.25) is 5.91 Å². The van der Waals surface area contributed by atoms with Gasteiger partial charge in [0.1, 0.15) is 0 Å². The van der Waals surface area contributed by atoms with E-state index in [0.717, 1.165) is 12.0 Å². The summed E-state index contributed by atoms with van der Waals surface area (Å²) in [6.07, 6.45) is 0.739. The van der Waals surface area contributed by atoms with Crippen LogP contribution in [0.4, 0.5) is 8.78 Å². The predicted octanol–water partition coefficient (Wildman–Crippen LogP) is 3.33. The molecule has 176 valence electrons. The molecular formula is C22H29F2IN4O3. The van der Waals surface area contributed by atoms with Crippen molar-refractivity contribution in [3.63, 3.8) is 0 Å². The molecule has 3 N–H and O–H groups in total. The molecule has 0 heterocycles. The Morgan fingerprint density at radius 2 is 1.81 bits per heavy atom. The number of rotatable bonds is 11. The lowest BCUT2D eigenvalue weighted by Gasteiger charge is -2.17. The van der Waals surface area contributed by atoms with Crippen molar-refractivity contribution in [3.05, 3.63) is 59.7 Å². The highest BCUT2D eigenvalue weighted by Gasteiger charge is 2.16. The molecule has 0 saturated heterocycles. The van der Waals surface area contributed by atoms with Crippen molar-refractivity contribution in [1.82, 2.24) is 16.0 Å². The summed E-state index contributed by atoms with van der Waals surface area (Å²) in [7, 11) is 1.55. The molecule has 0 atom stereocenters. The van der Waals surface area contributed by atoms with E-state index in [1.807, 2.05) is 30.3 Å². The van der Waals surface area contributed by atoms with E-state index < -0.39 is 6.61 Å². The highest BCUT2D eigenvalue weighted by molar-refractivity contribution is 14.0. The van der Waals surface area contributed by atoms with E-state index in [-0.39, 0.29) is 54.5 Å². The number of benzene rings is 2. The fourth-order valence-electron chi connectivity index (χ4n) is 2.81. The number of carbonyl (C=O) groups is 1. The molecule has 0 aromatic heterocycles. The molecule has 0 bridgehead atoms. The summed E-state index contributed by atoms with van der Waals surface area (Å²) < 4.78 is 35.7. The molecule has 0 radical (unpaired) electrons.